The number of hydrogen-bond acceptors (Lipinski definition) is 2. The Morgan fingerprint density at radius 1 is 0.676 bits per heavy atom. The number of hydrogen-bond donors (Lipinski definition) is 1. The van der Waals surface area contributed by atoms with Crippen LogP contribution in [-0.4, -0.2) is 46.8 Å². The van der Waals surface area contributed by atoms with Gasteiger partial charge in [-0.1, -0.05) is 18.2 Å². The minimum Gasteiger partial charge on any atom is -0.385 e. The van der Waals surface area contributed by atoms with Crippen LogP contribution in [0.15, 0.2) is 24.3 Å². The molecule has 0 heterocycles. The first kappa shape index (κ1) is 29.7. The summed E-state index contributed by atoms with van der Waals surface area (Å²) >= 11 is 0. The van der Waals surface area contributed by atoms with Gasteiger partial charge in [0, 0.05) is 5.56 Å². The van der Waals surface area contributed by atoms with Crippen LogP contribution in [0.2, 0.25) is 0 Å². The van der Waals surface area contributed by atoms with Gasteiger partial charge in [-0.05, 0) is 13.0 Å². The van der Waals surface area contributed by atoms with Crippen LogP contribution in [0, 0.1) is 11.3 Å². The van der Waals surface area contributed by atoms with Crippen molar-refractivity contribution in [1.82, 2.24) is 0 Å². The lowest BCUT2D eigenvalue weighted by molar-refractivity contribution is -0.453. The van der Waals surface area contributed by atoms with Crippen LogP contribution in [-0.2, 0) is 5.60 Å². The molecular weight excluding hydrogens is 519 g/mol. The normalized spacial score (nSPS) is 16.7. The molecule has 0 aliphatic heterocycles. The number of aliphatic hydroxyl groups is 1. The zero-order chi connectivity index (χ0) is 27.4. The molecule has 34 heavy (non-hydrogen) atoms. The molecule has 1 rings (SSSR count). The average molecular weight is 529 g/mol. The van der Waals surface area contributed by atoms with Crippen LogP contribution < -0.4 is 0 Å². The second-order valence-electron chi connectivity index (χ2n) is 7.18. The minimum absolute atomic E-state index is 0.204. The largest absolute Gasteiger partial charge is 0.460 e. The molecular formula is C17H10F15NO. The summed E-state index contributed by atoms with van der Waals surface area (Å²) < 4.78 is 199. The highest BCUT2D eigenvalue weighted by Crippen LogP contribution is 2.63. The van der Waals surface area contributed by atoms with E-state index < -0.39 is 64.9 Å². The van der Waals surface area contributed by atoms with Crippen molar-refractivity contribution in [3.63, 3.8) is 0 Å². The van der Waals surface area contributed by atoms with Crippen LogP contribution in [0.5, 0.6) is 0 Å². The molecule has 1 atom stereocenters. The monoisotopic (exact) mass is 529 g/mol. The van der Waals surface area contributed by atoms with Gasteiger partial charge in [0.25, 0.3) is 0 Å². The third-order valence-corrected chi connectivity index (χ3v) is 4.59. The van der Waals surface area contributed by atoms with E-state index >= 15 is 0 Å². The maximum Gasteiger partial charge on any atom is 0.460 e. The number of alkyl halides is 15. The molecule has 0 aromatic heterocycles. The molecule has 1 aromatic carbocycles. The molecule has 0 saturated heterocycles. The molecule has 0 amide bonds. The second-order valence-corrected chi connectivity index (χ2v) is 7.18. The summed E-state index contributed by atoms with van der Waals surface area (Å²) in [4.78, 5) is 0. The minimum atomic E-state index is -8.40. The van der Waals surface area contributed by atoms with Gasteiger partial charge in [-0.25, -0.2) is 0 Å². The Labute approximate surface area is 179 Å². The number of rotatable bonds is 8. The van der Waals surface area contributed by atoms with Crippen molar-refractivity contribution >= 4 is 0 Å². The second kappa shape index (κ2) is 8.09. The smallest absolute Gasteiger partial charge is 0.385 e. The number of halogens is 15. The molecule has 0 aliphatic carbocycles. The number of nitrogens with zero attached hydrogens (tertiary/aromatic N) is 1. The highest BCUT2D eigenvalue weighted by molar-refractivity contribution is 5.41. The van der Waals surface area contributed by atoms with Crippen LogP contribution in [0.25, 0.3) is 0 Å². The van der Waals surface area contributed by atoms with Crippen molar-refractivity contribution < 1.29 is 71.0 Å². The molecule has 1 aromatic rings. The summed E-state index contributed by atoms with van der Waals surface area (Å²) in [5.41, 5.74) is -5.08. The summed E-state index contributed by atoms with van der Waals surface area (Å²) in [5.74, 6) is -47.4. The molecule has 2 nitrogen and oxygen atoms in total. The maximum absolute atomic E-state index is 14.1. The van der Waals surface area contributed by atoms with Gasteiger partial charge >= 0.3 is 41.7 Å². The third-order valence-electron chi connectivity index (χ3n) is 4.59. The molecule has 1 unspecified atom stereocenters. The zero-order valence-electron chi connectivity index (χ0n) is 16.1. The van der Waals surface area contributed by atoms with Crippen LogP contribution in [0.1, 0.15) is 24.5 Å². The fraction of sp³-hybridized carbons (Fsp3) is 0.588. The first-order valence-electron chi connectivity index (χ1n) is 8.32. The topological polar surface area (TPSA) is 44.0 Å². The fourth-order valence-corrected chi connectivity index (χ4v) is 2.69. The Kier molecular flexibility index (Phi) is 7.06. The van der Waals surface area contributed by atoms with Crippen molar-refractivity contribution in [3.8, 4) is 6.07 Å². The van der Waals surface area contributed by atoms with Gasteiger partial charge in [-0.3, -0.25) is 0 Å². The molecule has 0 spiro atoms. The van der Waals surface area contributed by atoms with E-state index in [1.807, 2.05) is 0 Å². The van der Waals surface area contributed by atoms with E-state index in [-0.39, 0.29) is 6.92 Å². The summed E-state index contributed by atoms with van der Waals surface area (Å²) in [6, 6.07) is 4.70. The quantitative estimate of drug-likeness (QED) is 0.390. The lowest BCUT2D eigenvalue weighted by atomic mass is 9.82. The SMILES string of the molecule is CC(O)(CC(F)(F)C(F)(F)C(F)(F)C(F)(F)C(F)(F)C(F)(F)C(F)(F)F)c1ccccc1C#N. The van der Waals surface area contributed by atoms with Crippen molar-refractivity contribution in [1.29, 1.82) is 5.26 Å². The molecule has 0 saturated carbocycles. The van der Waals surface area contributed by atoms with Crippen LogP contribution >= 0.6 is 0 Å². The standard InChI is InChI=1S/C17H10F15NO/c1-10(34,9-5-3-2-4-8(9)6-33)7-11(18,19)12(20,21)13(22,23)14(24,25)15(26,27)16(28,29)17(30,31)32/h2-5,34H,7H2,1H3. The van der Waals surface area contributed by atoms with E-state index in [1.165, 1.54) is 6.07 Å². The Balaban J connectivity index is 3.59. The maximum atomic E-state index is 14.1. The summed E-state index contributed by atoms with van der Waals surface area (Å²) in [7, 11) is 0. The van der Waals surface area contributed by atoms with Crippen LogP contribution in [0.3, 0.4) is 0 Å². The molecule has 194 valence electrons. The van der Waals surface area contributed by atoms with Crippen molar-refractivity contribution in [2.45, 2.75) is 60.7 Å². The van der Waals surface area contributed by atoms with Crippen molar-refractivity contribution in [2.75, 3.05) is 0 Å². The van der Waals surface area contributed by atoms with E-state index in [0.29, 0.717) is 6.07 Å². The average Bonchev–Trinajstić information content (AvgIpc) is 2.65. The zero-order valence-corrected chi connectivity index (χ0v) is 16.1. The first-order valence-corrected chi connectivity index (χ1v) is 8.32. The Hall–Kier alpha value is -2.38. The predicted octanol–water partition coefficient (Wildman–Crippen LogP) is 6.53. The predicted molar refractivity (Wildman–Crippen MR) is 81.1 cm³/mol. The third kappa shape index (κ3) is 4.13. The van der Waals surface area contributed by atoms with E-state index in [1.54, 1.807) is 0 Å². The van der Waals surface area contributed by atoms with E-state index in [4.69, 9.17) is 5.26 Å². The molecule has 0 fully saturated rings. The van der Waals surface area contributed by atoms with Gasteiger partial charge in [0.1, 0.15) is 0 Å². The van der Waals surface area contributed by atoms with Gasteiger partial charge in [-0.15, -0.1) is 0 Å². The van der Waals surface area contributed by atoms with Gasteiger partial charge in [-0.2, -0.15) is 71.1 Å². The molecule has 1 N–H and O–H groups in total. The summed E-state index contributed by atoms with van der Waals surface area (Å²) in [6.07, 6.45) is -10.7. The molecule has 0 radical (unpaired) electrons. The van der Waals surface area contributed by atoms with Crippen molar-refractivity contribution in [2.24, 2.45) is 0 Å². The molecule has 0 aliphatic rings. The van der Waals surface area contributed by atoms with E-state index in [0.717, 1.165) is 18.2 Å². The first-order chi connectivity index (χ1) is 14.8. The number of benzene rings is 1. The Bertz CT molecular complexity index is 943. The Morgan fingerprint density at radius 2 is 1.06 bits per heavy atom. The van der Waals surface area contributed by atoms with Crippen molar-refractivity contribution in [3.05, 3.63) is 35.4 Å². The molecule has 17 heteroatoms. The van der Waals surface area contributed by atoms with E-state index in [9.17, 15) is 71.0 Å². The van der Waals surface area contributed by atoms with Gasteiger partial charge in [0.15, 0.2) is 0 Å². The number of nitriles is 1. The van der Waals surface area contributed by atoms with E-state index in [2.05, 4.69) is 0 Å². The Morgan fingerprint density at radius 3 is 1.47 bits per heavy atom. The highest BCUT2D eigenvalue weighted by Gasteiger charge is 2.93. The summed E-state index contributed by atoms with van der Waals surface area (Å²) in [5, 5.41) is 18.9. The summed E-state index contributed by atoms with van der Waals surface area (Å²) in [6.45, 7) is 0.204. The van der Waals surface area contributed by atoms with Crippen LogP contribution in [0.4, 0.5) is 65.9 Å². The lowest BCUT2D eigenvalue weighted by Gasteiger charge is -2.42. The van der Waals surface area contributed by atoms with Gasteiger partial charge in [0.05, 0.1) is 23.7 Å². The molecule has 0 bridgehead atoms. The highest BCUT2D eigenvalue weighted by atomic mass is 19.4. The fourth-order valence-electron chi connectivity index (χ4n) is 2.69. The lowest BCUT2D eigenvalue weighted by Crippen LogP contribution is -2.72. The van der Waals surface area contributed by atoms with Gasteiger partial charge < -0.3 is 5.11 Å². The van der Waals surface area contributed by atoms with Gasteiger partial charge in [0.2, 0.25) is 0 Å².